The third kappa shape index (κ3) is 3.07. The first-order valence-corrected chi connectivity index (χ1v) is 10.1. The summed E-state index contributed by atoms with van der Waals surface area (Å²) >= 11 is 1.67. The van der Waals surface area contributed by atoms with Crippen molar-refractivity contribution in [1.82, 2.24) is 0 Å². The fourth-order valence-corrected chi connectivity index (χ4v) is 4.88. The zero-order valence-electron chi connectivity index (χ0n) is 15.3. The summed E-state index contributed by atoms with van der Waals surface area (Å²) in [7, 11) is 0. The molecule has 0 bridgehead atoms. The van der Waals surface area contributed by atoms with Crippen LogP contribution in [0.5, 0.6) is 0 Å². The number of hydrogen-bond donors (Lipinski definition) is 2. The van der Waals surface area contributed by atoms with Crippen LogP contribution in [0.25, 0.3) is 31.7 Å². The van der Waals surface area contributed by atoms with Crippen molar-refractivity contribution in [3.63, 3.8) is 0 Å². The smallest absolute Gasteiger partial charge is 0.183 e. The van der Waals surface area contributed by atoms with Gasteiger partial charge in [0, 0.05) is 31.8 Å². The number of fused-ring (bicyclic) bond motifs is 2. The van der Waals surface area contributed by atoms with Crippen LogP contribution in [-0.2, 0) is 9.47 Å². The van der Waals surface area contributed by atoms with Crippen molar-refractivity contribution in [2.75, 3.05) is 18.9 Å². The minimum atomic E-state index is -0.278. The molecular formula is C23H20N2O2S. The van der Waals surface area contributed by atoms with E-state index in [9.17, 15) is 0 Å². The Kier molecular flexibility index (Phi) is 4.36. The van der Waals surface area contributed by atoms with Crippen LogP contribution in [0, 0.1) is 5.41 Å². The van der Waals surface area contributed by atoms with Gasteiger partial charge in [0.1, 0.15) is 0 Å². The van der Waals surface area contributed by atoms with Crippen LogP contribution in [0.15, 0.2) is 60.7 Å². The maximum absolute atomic E-state index is 8.00. The molecule has 0 spiro atoms. The largest absolute Gasteiger partial charge is 0.399 e. The van der Waals surface area contributed by atoms with Crippen molar-refractivity contribution >= 4 is 27.1 Å². The minimum Gasteiger partial charge on any atom is -0.399 e. The average Bonchev–Trinajstić information content (AvgIpc) is 2.72. The van der Waals surface area contributed by atoms with E-state index in [2.05, 4.69) is 30.3 Å². The number of benzene rings is 3. The highest BCUT2D eigenvalue weighted by Gasteiger charge is 2.18. The van der Waals surface area contributed by atoms with Gasteiger partial charge in [0.05, 0.1) is 18.6 Å². The molecule has 28 heavy (non-hydrogen) atoms. The van der Waals surface area contributed by atoms with Crippen LogP contribution < -0.4 is 11.1 Å². The second-order valence-corrected chi connectivity index (χ2v) is 8.08. The van der Waals surface area contributed by atoms with Gasteiger partial charge in [-0.2, -0.15) is 0 Å². The van der Waals surface area contributed by atoms with Crippen LogP contribution in [0.2, 0.25) is 0 Å². The lowest BCUT2D eigenvalue weighted by atomic mass is 9.94. The Balaban J connectivity index is 1.69. The van der Waals surface area contributed by atoms with E-state index >= 15 is 0 Å². The molecule has 1 fully saturated rings. The summed E-state index contributed by atoms with van der Waals surface area (Å²) in [4.78, 5) is 1.09. The van der Waals surface area contributed by atoms with Crippen LogP contribution in [0.3, 0.4) is 0 Å². The highest BCUT2D eigenvalue weighted by Crippen LogP contribution is 2.43. The molecule has 3 N–H and O–H groups in total. The minimum absolute atomic E-state index is 0.278. The SMILES string of the molecule is N=c1ccc2c(-c3ccc(C4OCCCO4)cc3)c3ccc(N)cc3sc-2c1. The summed E-state index contributed by atoms with van der Waals surface area (Å²) in [6.45, 7) is 1.47. The fraction of sp³-hybridized carbons (Fsp3) is 0.174. The summed E-state index contributed by atoms with van der Waals surface area (Å²) < 4.78 is 12.6. The molecule has 2 aliphatic heterocycles. The molecule has 0 aromatic heterocycles. The molecule has 3 aliphatic rings. The van der Waals surface area contributed by atoms with Crippen molar-refractivity contribution < 1.29 is 9.47 Å². The highest BCUT2D eigenvalue weighted by molar-refractivity contribution is 7.21. The second kappa shape index (κ2) is 7.02. The molecule has 2 aromatic rings. The third-order valence-corrected chi connectivity index (χ3v) is 6.16. The molecule has 5 rings (SSSR count). The summed E-state index contributed by atoms with van der Waals surface area (Å²) in [5.74, 6) is 0. The van der Waals surface area contributed by atoms with Crippen LogP contribution >= 0.6 is 11.3 Å². The molecule has 1 saturated heterocycles. The first-order chi connectivity index (χ1) is 13.7. The Morgan fingerprint density at radius 2 is 1.71 bits per heavy atom. The highest BCUT2D eigenvalue weighted by atomic mass is 32.1. The van der Waals surface area contributed by atoms with E-state index < -0.39 is 0 Å². The molecule has 2 aromatic carbocycles. The number of nitrogens with two attached hydrogens (primary N) is 1. The Hall–Kier alpha value is -2.73. The summed E-state index contributed by atoms with van der Waals surface area (Å²) in [6, 6.07) is 20.3. The fourth-order valence-electron chi connectivity index (χ4n) is 3.70. The molecule has 0 amide bonds. The molecule has 0 atom stereocenters. The van der Waals surface area contributed by atoms with Crippen molar-refractivity contribution in [3.05, 3.63) is 71.6 Å². The molecule has 0 unspecified atom stereocenters. The number of ether oxygens (including phenoxy) is 2. The number of nitrogen functional groups attached to an aromatic ring is 1. The molecule has 5 heteroatoms. The summed E-state index contributed by atoms with van der Waals surface area (Å²) in [6.07, 6.45) is 0.665. The molecule has 0 radical (unpaired) electrons. The molecule has 0 saturated carbocycles. The van der Waals surface area contributed by atoms with Gasteiger partial charge in [-0.3, -0.25) is 0 Å². The Morgan fingerprint density at radius 3 is 2.50 bits per heavy atom. The van der Waals surface area contributed by atoms with Crippen molar-refractivity contribution in [2.45, 2.75) is 12.7 Å². The predicted molar refractivity (Wildman–Crippen MR) is 113 cm³/mol. The molecule has 4 nitrogen and oxygen atoms in total. The van der Waals surface area contributed by atoms with Gasteiger partial charge in [-0.15, -0.1) is 11.3 Å². The Morgan fingerprint density at radius 1 is 0.929 bits per heavy atom. The van der Waals surface area contributed by atoms with Crippen LogP contribution in [-0.4, -0.2) is 13.2 Å². The molecular weight excluding hydrogens is 368 g/mol. The maximum atomic E-state index is 8.00. The van der Waals surface area contributed by atoms with Gasteiger partial charge in [-0.1, -0.05) is 36.4 Å². The second-order valence-electron chi connectivity index (χ2n) is 6.99. The first-order valence-electron chi connectivity index (χ1n) is 9.33. The van der Waals surface area contributed by atoms with E-state index in [1.165, 1.54) is 10.9 Å². The monoisotopic (exact) mass is 388 g/mol. The Bertz CT molecular complexity index is 1180. The molecule has 140 valence electrons. The molecule has 1 aliphatic carbocycles. The lowest BCUT2D eigenvalue weighted by molar-refractivity contribution is -0.183. The van der Waals surface area contributed by atoms with Gasteiger partial charge in [0.2, 0.25) is 0 Å². The van der Waals surface area contributed by atoms with E-state index in [-0.39, 0.29) is 6.29 Å². The van der Waals surface area contributed by atoms with Gasteiger partial charge in [-0.25, -0.2) is 0 Å². The number of rotatable bonds is 2. The number of hydrogen-bond acceptors (Lipinski definition) is 5. The van der Waals surface area contributed by atoms with E-state index in [0.29, 0.717) is 5.36 Å². The zero-order valence-corrected chi connectivity index (χ0v) is 16.1. The summed E-state index contributed by atoms with van der Waals surface area (Å²) in [5.41, 5.74) is 11.3. The lowest BCUT2D eigenvalue weighted by Gasteiger charge is -2.23. The zero-order chi connectivity index (χ0) is 19.1. The lowest BCUT2D eigenvalue weighted by Crippen LogP contribution is -2.17. The van der Waals surface area contributed by atoms with E-state index in [1.807, 2.05) is 30.3 Å². The van der Waals surface area contributed by atoms with Gasteiger partial charge >= 0.3 is 0 Å². The predicted octanol–water partition coefficient (Wildman–Crippen LogP) is 5.17. The topological polar surface area (TPSA) is 68.3 Å². The Labute approximate surface area is 167 Å². The third-order valence-electron chi connectivity index (χ3n) is 5.04. The van der Waals surface area contributed by atoms with E-state index in [4.69, 9.17) is 20.6 Å². The number of nitrogens with one attached hydrogen (secondary N) is 1. The first kappa shape index (κ1) is 17.4. The van der Waals surface area contributed by atoms with E-state index in [0.717, 1.165) is 51.6 Å². The van der Waals surface area contributed by atoms with Gasteiger partial charge in [0.25, 0.3) is 0 Å². The van der Waals surface area contributed by atoms with Crippen molar-refractivity contribution in [1.29, 1.82) is 5.41 Å². The average molecular weight is 388 g/mol. The van der Waals surface area contributed by atoms with Crippen LogP contribution in [0.4, 0.5) is 5.69 Å². The normalized spacial score (nSPS) is 15.3. The van der Waals surface area contributed by atoms with Gasteiger partial charge < -0.3 is 20.6 Å². The van der Waals surface area contributed by atoms with E-state index in [1.54, 1.807) is 11.3 Å². The quantitative estimate of drug-likeness (QED) is 0.368. The van der Waals surface area contributed by atoms with Crippen molar-refractivity contribution in [3.8, 4) is 21.6 Å². The summed E-state index contributed by atoms with van der Waals surface area (Å²) in [5, 5.41) is 9.68. The molecule has 2 heterocycles. The van der Waals surface area contributed by atoms with Crippen molar-refractivity contribution in [2.24, 2.45) is 0 Å². The standard InChI is InChI=1S/C23H20N2O2S/c24-16-6-8-18-20(12-16)28-21-13-17(25)7-9-19(21)22(18)14-2-4-15(5-3-14)23-26-10-1-11-27-23/h2-9,12-13,23-24H,1,10-11,25H2. The van der Waals surface area contributed by atoms with Crippen LogP contribution in [0.1, 0.15) is 18.3 Å². The number of anilines is 1. The maximum Gasteiger partial charge on any atom is 0.183 e. The van der Waals surface area contributed by atoms with Gasteiger partial charge in [0.15, 0.2) is 6.29 Å². The van der Waals surface area contributed by atoms with Gasteiger partial charge in [-0.05, 0) is 41.8 Å².